The zero-order chi connectivity index (χ0) is 55.3. The van der Waals surface area contributed by atoms with Crippen LogP contribution in [0.15, 0.2) is 111 Å². The highest BCUT2D eigenvalue weighted by Gasteiger charge is 2.27. The van der Waals surface area contributed by atoms with Crippen molar-refractivity contribution in [3.05, 3.63) is 139 Å². The van der Waals surface area contributed by atoms with Crippen LogP contribution >= 0.6 is 15.9 Å². The number of fused-ring (bicyclic) bond motifs is 2. The summed E-state index contributed by atoms with van der Waals surface area (Å²) in [5.41, 5.74) is 1.14. The molecule has 0 unspecified atom stereocenters. The first kappa shape index (κ1) is 59.8. The molecule has 16 nitrogen and oxygen atoms in total. The van der Waals surface area contributed by atoms with Crippen LogP contribution in [0.4, 0.5) is 9.59 Å². The summed E-state index contributed by atoms with van der Waals surface area (Å²) in [6.45, 7) is 14.6. The lowest BCUT2D eigenvalue weighted by molar-refractivity contribution is -0.141. The molecule has 396 valence electrons. The Labute approximate surface area is 447 Å². The van der Waals surface area contributed by atoms with Gasteiger partial charge in [0, 0.05) is 35.7 Å². The number of nitrogens with one attached hydrogen (secondary N) is 2. The number of hydrogen-bond acceptors (Lipinski definition) is 12. The molecule has 75 heavy (non-hydrogen) atoms. The summed E-state index contributed by atoms with van der Waals surface area (Å²) in [6.07, 6.45) is 8.00. The second kappa shape index (κ2) is 28.6. The maximum Gasteiger partial charge on any atom is 0.408 e. The van der Waals surface area contributed by atoms with Crippen molar-refractivity contribution in [2.24, 2.45) is 0 Å². The molecule has 2 aromatic heterocycles. The molecule has 2 heterocycles. The average Bonchev–Trinajstić information content (AvgIpc) is 3.36. The third-order valence-corrected chi connectivity index (χ3v) is 11.4. The number of aromatic nitrogens is 4. The summed E-state index contributed by atoms with van der Waals surface area (Å²) in [7, 11) is 2.73. The second-order valence-corrected chi connectivity index (χ2v) is 19.7. The van der Waals surface area contributed by atoms with Crippen LogP contribution in [0, 0.1) is 24.2 Å². The maximum absolute atomic E-state index is 14.0. The van der Waals surface area contributed by atoms with Crippen molar-refractivity contribution in [1.29, 1.82) is 0 Å². The van der Waals surface area contributed by atoms with Gasteiger partial charge >= 0.3 is 24.1 Å². The Kier molecular flexibility index (Phi) is 22.8. The van der Waals surface area contributed by atoms with Gasteiger partial charge in [-0.2, -0.15) is 0 Å². The number of amides is 2. The Morgan fingerprint density at radius 1 is 0.627 bits per heavy atom. The second-order valence-electron chi connectivity index (χ2n) is 18.8. The molecule has 6 rings (SSSR count). The van der Waals surface area contributed by atoms with Gasteiger partial charge in [-0.1, -0.05) is 74.2 Å². The number of ether oxygens (including phenoxy) is 4. The number of esters is 2. The Hall–Kier alpha value is -7.76. The van der Waals surface area contributed by atoms with Gasteiger partial charge in [0.2, 0.25) is 0 Å². The van der Waals surface area contributed by atoms with Gasteiger partial charge in [0.05, 0.1) is 59.5 Å². The van der Waals surface area contributed by atoms with E-state index < -0.39 is 35.5 Å². The molecule has 17 heteroatoms. The van der Waals surface area contributed by atoms with Crippen LogP contribution in [0.25, 0.3) is 33.2 Å². The first-order valence-corrected chi connectivity index (χ1v) is 25.4. The summed E-state index contributed by atoms with van der Waals surface area (Å²) in [5.74, 6) is 8.96. The van der Waals surface area contributed by atoms with E-state index in [0.29, 0.717) is 93.4 Å². The van der Waals surface area contributed by atoms with E-state index >= 15 is 0 Å². The molecule has 0 saturated carbocycles. The fraction of sp³-hybridized carbons (Fsp3) is 0.379. The highest BCUT2D eigenvalue weighted by Crippen LogP contribution is 2.26. The lowest BCUT2D eigenvalue weighted by Crippen LogP contribution is -2.37. The molecule has 0 saturated heterocycles. The minimum atomic E-state index is -0.664. The fourth-order valence-electron chi connectivity index (χ4n) is 7.29. The van der Waals surface area contributed by atoms with E-state index in [0.717, 1.165) is 6.42 Å². The number of para-hydroxylation sites is 2. The van der Waals surface area contributed by atoms with Crippen LogP contribution in [0.3, 0.4) is 0 Å². The van der Waals surface area contributed by atoms with Gasteiger partial charge in [-0.25, -0.2) is 19.6 Å². The predicted molar refractivity (Wildman–Crippen MR) is 295 cm³/mol. The van der Waals surface area contributed by atoms with E-state index in [4.69, 9.17) is 25.9 Å². The number of unbranched alkanes of at least 4 members (excludes halogenated alkanes) is 2. The summed E-state index contributed by atoms with van der Waals surface area (Å²) in [6, 6.07) is 28.2. The first-order chi connectivity index (χ1) is 35.7. The Bertz CT molecular complexity index is 3140. The van der Waals surface area contributed by atoms with Gasteiger partial charge in [-0.05, 0) is 132 Å². The Balaban J connectivity index is 0.000000284. The minimum absolute atomic E-state index is 0.190. The molecule has 0 bridgehead atoms. The smallest absolute Gasteiger partial charge is 0.408 e. The molecule has 2 N–H and O–H groups in total. The normalized spacial score (nSPS) is 11.7. The molecule has 0 aliphatic heterocycles. The van der Waals surface area contributed by atoms with Crippen LogP contribution in [-0.4, -0.2) is 68.6 Å². The van der Waals surface area contributed by atoms with Crippen molar-refractivity contribution in [3.63, 3.8) is 0 Å². The molecular weight excluding hydrogens is 1020 g/mol. The summed E-state index contributed by atoms with van der Waals surface area (Å²) in [5, 5.41) is 6.61. The van der Waals surface area contributed by atoms with Crippen molar-refractivity contribution < 1.29 is 38.1 Å². The number of hydrogen-bond donors (Lipinski definition) is 2. The van der Waals surface area contributed by atoms with Crippen LogP contribution < -0.4 is 21.8 Å². The number of rotatable bonds is 14. The van der Waals surface area contributed by atoms with Crippen LogP contribution in [0.5, 0.6) is 0 Å². The maximum atomic E-state index is 14.0. The minimum Gasteiger partial charge on any atom is -0.469 e. The molecule has 2 amide bonds. The van der Waals surface area contributed by atoms with Crippen molar-refractivity contribution in [2.75, 3.05) is 14.2 Å². The summed E-state index contributed by atoms with van der Waals surface area (Å²) >= 11 is 3.46. The highest BCUT2D eigenvalue weighted by molar-refractivity contribution is 9.10. The zero-order valence-electron chi connectivity index (χ0n) is 44.4. The molecule has 2 atom stereocenters. The van der Waals surface area contributed by atoms with E-state index in [2.05, 4.69) is 53.8 Å². The number of alkyl carbamates (subject to hydrolysis) is 2. The lowest BCUT2D eigenvalue weighted by atomic mass is 10.1. The molecule has 0 radical (unpaired) electrons. The molecule has 4 aromatic carbocycles. The van der Waals surface area contributed by atoms with Crippen molar-refractivity contribution in [1.82, 2.24) is 29.7 Å². The van der Waals surface area contributed by atoms with Crippen LogP contribution in [-0.2, 0) is 28.5 Å². The highest BCUT2D eigenvalue weighted by atomic mass is 79.9. The van der Waals surface area contributed by atoms with Crippen LogP contribution in [0.2, 0.25) is 0 Å². The zero-order valence-corrected chi connectivity index (χ0v) is 46.0. The molecule has 0 aliphatic carbocycles. The SMILES string of the molecule is C#CCCCC(=O)OC.CC[C@H](NC(=O)OC(C)(C)C)c1nc2cccc(Br)c2c(=O)n1-c1ccccc1.CC[C@H](NC(=O)OC(C)(C)C)c1nc2cccc(C#CCCCC(=O)OC)c2c(=O)n1-c1ccccc1. The van der Waals surface area contributed by atoms with E-state index in [9.17, 15) is 28.8 Å². The average molecular weight is 1090 g/mol. The lowest BCUT2D eigenvalue weighted by Gasteiger charge is -2.24. The third-order valence-electron chi connectivity index (χ3n) is 10.7. The number of halogens is 1. The first-order valence-electron chi connectivity index (χ1n) is 24.6. The van der Waals surface area contributed by atoms with Crippen LogP contribution in [0.1, 0.15) is 136 Å². The van der Waals surface area contributed by atoms with Gasteiger partial charge in [-0.3, -0.25) is 28.3 Å². The number of terminal acetylenes is 1. The van der Waals surface area contributed by atoms with Crippen molar-refractivity contribution >= 4 is 61.9 Å². The summed E-state index contributed by atoms with van der Waals surface area (Å²) < 4.78 is 23.7. The van der Waals surface area contributed by atoms with Gasteiger partial charge in [-0.15, -0.1) is 12.3 Å². The predicted octanol–water partition coefficient (Wildman–Crippen LogP) is 11.1. The topological polar surface area (TPSA) is 199 Å². The number of nitrogens with zero attached hydrogens (tertiary/aromatic N) is 4. The van der Waals surface area contributed by atoms with Crippen molar-refractivity contribution in [3.8, 4) is 35.6 Å². The summed E-state index contributed by atoms with van der Waals surface area (Å²) in [4.78, 5) is 83.7. The largest absolute Gasteiger partial charge is 0.469 e. The molecule has 0 aliphatic rings. The van der Waals surface area contributed by atoms with E-state index in [1.165, 1.54) is 18.8 Å². The van der Waals surface area contributed by atoms with Gasteiger partial charge < -0.3 is 29.6 Å². The number of carbonyl (C=O) groups excluding carboxylic acids is 4. The number of methoxy groups -OCH3 is 2. The van der Waals surface area contributed by atoms with Gasteiger partial charge in [0.1, 0.15) is 22.9 Å². The molecule has 0 fully saturated rings. The molecular formula is C58H67BrN6O10. The fourth-order valence-corrected chi connectivity index (χ4v) is 7.82. The quantitative estimate of drug-likeness (QED) is 0.0453. The Morgan fingerprint density at radius 3 is 1.48 bits per heavy atom. The Morgan fingerprint density at radius 2 is 1.05 bits per heavy atom. The third kappa shape index (κ3) is 18.0. The standard InChI is InChI=1S/C29H33N3O5.C22H24BrN3O3.C7H10O2/c1-6-22(31-28(35)37-29(2,3)4)26-30-23-18-13-15-20(14-9-7-12-19-24(33)36-5)25(23)27(34)32(26)21-16-10-8-11-17-21;1-5-16(25-21(28)29-22(2,3)4)19-24-17-13-9-12-15(23)18(17)20(27)26(19)14-10-7-6-8-11-14;1-3-4-5-6-7(8)9-2/h8,10-11,13,15-18,22H,6-7,12,19H2,1-5H3,(H,31,35);6-13,16H,5H2,1-4H3,(H,25,28);1H,4-6H2,2H3/t22-;16-;/m00./s1. The number of benzene rings is 4. The van der Waals surface area contributed by atoms with Crippen molar-refractivity contribution in [2.45, 2.75) is 130 Å². The van der Waals surface area contributed by atoms with E-state index in [1.807, 2.05) is 86.6 Å². The number of carbonyl (C=O) groups is 4. The van der Waals surface area contributed by atoms with E-state index in [1.54, 1.807) is 70.4 Å². The monoisotopic (exact) mass is 1090 g/mol. The molecule has 0 spiro atoms. The molecule has 6 aromatic rings. The van der Waals surface area contributed by atoms with Gasteiger partial charge in [0.25, 0.3) is 11.1 Å². The van der Waals surface area contributed by atoms with E-state index in [-0.39, 0.29) is 29.5 Å². The van der Waals surface area contributed by atoms with Gasteiger partial charge in [0.15, 0.2) is 0 Å².